The molecule has 0 atom stereocenters. The molecule has 5 heterocycles. The second-order valence-corrected chi connectivity index (χ2v) is 23.1. The Bertz CT molecular complexity index is 3150. The van der Waals surface area contributed by atoms with Crippen molar-refractivity contribution >= 4 is 67.0 Å². The van der Waals surface area contributed by atoms with Crippen molar-refractivity contribution in [2.45, 2.75) is 59.7 Å². The average Bonchev–Trinajstić information content (AvgIpc) is 3.92. The minimum atomic E-state index is -1.36. The van der Waals surface area contributed by atoms with Crippen molar-refractivity contribution in [3.63, 3.8) is 0 Å². The first kappa shape index (κ1) is 41.2. The fourth-order valence-electron chi connectivity index (χ4n) is 7.80. The maximum Gasteiger partial charge on any atom is 0.180 e. The van der Waals surface area contributed by atoms with Crippen molar-refractivity contribution < 1.29 is 24.5 Å². The molecular weight excluding hydrogens is 951 g/mol. The Labute approximate surface area is 369 Å². The molecule has 0 fully saturated rings. The van der Waals surface area contributed by atoms with Gasteiger partial charge in [0.2, 0.25) is 0 Å². The monoisotopic (exact) mass is 996 g/mol. The zero-order valence-corrected chi connectivity index (χ0v) is 39.2. The van der Waals surface area contributed by atoms with Crippen LogP contribution in [0.25, 0.3) is 82.0 Å². The second-order valence-electron chi connectivity index (χ2n) is 17.1. The molecule has 0 aliphatic heterocycles. The fourth-order valence-corrected chi connectivity index (χ4v) is 10.7. The number of aromatic nitrogens is 5. The number of imidazole rings is 1. The Kier molecular flexibility index (Phi) is 11.1. The van der Waals surface area contributed by atoms with Crippen LogP contribution in [0.4, 0.5) is 0 Å². The van der Waals surface area contributed by atoms with Crippen molar-refractivity contribution in [3.05, 3.63) is 157 Å². The van der Waals surface area contributed by atoms with Crippen molar-refractivity contribution in [1.29, 1.82) is 0 Å². The van der Waals surface area contributed by atoms with Crippen molar-refractivity contribution in [3.8, 4) is 39.6 Å². The van der Waals surface area contributed by atoms with Gasteiger partial charge < -0.3 is 14.0 Å². The van der Waals surface area contributed by atoms with E-state index in [0.717, 1.165) is 76.6 Å². The summed E-state index contributed by atoms with van der Waals surface area (Å²) in [5.74, 6) is 1.57. The van der Waals surface area contributed by atoms with E-state index in [-0.39, 0.29) is 25.5 Å². The maximum absolute atomic E-state index is 5.72. The van der Waals surface area contributed by atoms with Gasteiger partial charge >= 0.3 is 0 Å². The molecule has 0 aliphatic carbocycles. The Morgan fingerprint density at radius 3 is 2.15 bits per heavy atom. The van der Waals surface area contributed by atoms with Gasteiger partial charge in [-0.2, -0.15) is 11.3 Å². The molecule has 0 aliphatic rings. The van der Waals surface area contributed by atoms with Gasteiger partial charge in [-0.25, -0.2) is 9.97 Å². The number of thiophene rings is 1. The summed E-state index contributed by atoms with van der Waals surface area (Å²) in [6, 6.07) is 48.7. The SMILES string of the molecule is CC(C)(C)c1ccc(-n2c(-c3[c-]ccc4c3sc3nc(-c5ccccc5)ccc34)nc3ccccc32)cc1.Cc1nc2cc[c-]c(-c3cc(C)c([Si](C)(C)C)cn3)c2o1.[Ir]. The number of nitrogens with zero attached hydrogens (tertiary/aromatic N) is 5. The predicted octanol–water partition coefficient (Wildman–Crippen LogP) is 13.1. The molecule has 0 amide bonds. The van der Waals surface area contributed by atoms with Crippen LogP contribution in [0.2, 0.25) is 19.6 Å². The third-order valence-corrected chi connectivity index (χ3v) is 14.0. The molecule has 9 heteroatoms. The van der Waals surface area contributed by atoms with E-state index in [1.165, 1.54) is 21.7 Å². The van der Waals surface area contributed by atoms with E-state index in [1.54, 1.807) is 11.3 Å². The van der Waals surface area contributed by atoms with Crippen LogP contribution in [0, 0.1) is 26.0 Å². The molecule has 10 aromatic rings. The van der Waals surface area contributed by atoms with Gasteiger partial charge in [-0.05, 0) is 69.2 Å². The van der Waals surface area contributed by atoms with Crippen LogP contribution in [0.5, 0.6) is 0 Å². The smallest absolute Gasteiger partial charge is 0.180 e. The first-order valence-corrected chi connectivity index (χ1v) is 24.3. The van der Waals surface area contributed by atoms with E-state index in [4.69, 9.17) is 14.4 Å². The van der Waals surface area contributed by atoms with E-state index < -0.39 is 8.07 Å². The summed E-state index contributed by atoms with van der Waals surface area (Å²) >= 11 is 1.72. The topological polar surface area (TPSA) is 69.6 Å². The van der Waals surface area contributed by atoms with Gasteiger partial charge in [-0.1, -0.05) is 129 Å². The quantitative estimate of drug-likeness (QED) is 0.127. The van der Waals surface area contributed by atoms with Crippen LogP contribution in [0.15, 0.2) is 132 Å². The molecule has 0 spiro atoms. The summed E-state index contributed by atoms with van der Waals surface area (Å²) in [6.45, 7) is 17.8. The van der Waals surface area contributed by atoms with Gasteiger partial charge in [0.05, 0.1) is 36.2 Å². The Hall–Kier alpha value is -5.57. The minimum Gasteiger partial charge on any atom is -0.488 e. The number of fused-ring (bicyclic) bond motifs is 5. The number of hydrogen-bond donors (Lipinski definition) is 0. The van der Waals surface area contributed by atoms with E-state index in [0.29, 0.717) is 5.89 Å². The van der Waals surface area contributed by atoms with Crippen LogP contribution in [0.1, 0.15) is 37.8 Å². The van der Waals surface area contributed by atoms with E-state index in [9.17, 15) is 0 Å². The van der Waals surface area contributed by atoms with Gasteiger partial charge in [0.25, 0.3) is 0 Å². The third-order valence-electron chi connectivity index (χ3n) is 10.8. The zero-order chi connectivity index (χ0) is 41.1. The van der Waals surface area contributed by atoms with E-state index in [2.05, 4.69) is 165 Å². The Balaban J connectivity index is 0.000000193. The van der Waals surface area contributed by atoms with E-state index in [1.807, 2.05) is 43.5 Å². The van der Waals surface area contributed by atoms with Crippen LogP contribution in [0.3, 0.4) is 0 Å². The normalized spacial score (nSPS) is 11.9. The van der Waals surface area contributed by atoms with Crippen molar-refractivity contribution in [1.82, 2.24) is 24.5 Å². The zero-order valence-electron chi connectivity index (χ0n) is 35.0. The molecule has 0 N–H and O–H groups in total. The largest absolute Gasteiger partial charge is 0.488 e. The standard InChI is InChI=1S/C34H26N3S.C17H19N2OSi.Ir/c1-34(2,3)23-16-18-24(19-17-23)37-30-15-8-7-14-29(30)35-32(37)27-13-9-12-25-26-20-21-28(22-10-5-4-6-11-22)36-33(26)38-31(25)27;1-11-9-15(18-10-16(11)21(3,4)5)13-7-6-8-14-17(13)20-12(2)19-14;/h4-12,14-21H,1-3H3;6,8-10H,1-5H3;/q2*-1;. The summed E-state index contributed by atoms with van der Waals surface area (Å²) < 4.78 is 9.14. The molecule has 0 saturated heterocycles. The van der Waals surface area contributed by atoms with Gasteiger partial charge in [0.15, 0.2) is 5.89 Å². The molecule has 301 valence electrons. The average molecular weight is 996 g/mol. The number of para-hydroxylation sites is 2. The molecule has 60 heavy (non-hydrogen) atoms. The van der Waals surface area contributed by atoms with Crippen molar-refractivity contribution in [2.75, 3.05) is 0 Å². The first-order valence-electron chi connectivity index (χ1n) is 20.0. The minimum absolute atomic E-state index is 0. The first-order chi connectivity index (χ1) is 28.3. The van der Waals surface area contributed by atoms with Gasteiger partial charge in [-0.15, -0.1) is 36.4 Å². The Morgan fingerprint density at radius 2 is 1.42 bits per heavy atom. The predicted molar refractivity (Wildman–Crippen MR) is 249 cm³/mol. The number of pyridine rings is 2. The number of oxazole rings is 1. The van der Waals surface area contributed by atoms with Crippen LogP contribution >= 0.6 is 11.3 Å². The molecule has 6 nitrogen and oxygen atoms in total. The van der Waals surface area contributed by atoms with Crippen LogP contribution in [-0.2, 0) is 25.5 Å². The van der Waals surface area contributed by atoms with E-state index >= 15 is 0 Å². The molecule has 0 bridgehead atoms. The summed E-state index contributed by atoms with van der Waals surface area (Å²) in [7, 11) is -1.36. The Morgan fingerprint density at radius 1 is 0.700 bits per heavy atom. The van der Waals surface area contributed by atoms with Gasteiger partial charge in [-0.3, -0.25) is 4.98 Å². The number of benzene rings is 5. The van der Waals surface area contributed by atoms with Gasteiger partial charge in [0.1, 0.15) is 4.83 Å². The maximum atomic E-state index is 5.72. The second kappa shape index (κ2) is 16.1. The number of aryl methyl sites for hydroxylation is 2. The summed E-state index contributed by atoms with van der Waals surface area (Å²) in [4.78, 5) is 20.2. The molecule has 0 saturated carbocycles. The van der Waals surface area contributed by atoms with Crippen LogP contribution < -0.4 is 5.19 Å². The third kappa shape index (κ3) is 7.79. The van der Waals surface area contributed by atoms with Crippen LogP contribution in [-0.4, -0.2) is 32.6 Å². The fraction of sp³-hybridized carbons (Fsp3) is 0.176. The molecule has 1 radical (unpaired) electrons. The van der Waals surface area contributed by atoms with Crippen molar-refractivity contribution in [2.24, 2.45) is 0 Å². The summed E-state index contributed by atoms with van der Waals surface area (Å²) in [5.41, 5.74) is 12.4. The number of hydrogen-bond acceptors (Lipinski definition) is 6. The molecule has 5 aromatic heterocycles. The molecular formula is C51H45IrN5OSSi-2. The molecule has 10 rings (SSSR count). The number of rotatable bonds is 5. The molecule has 5 aromatic carbocycles. The summed E-state index contributed by atoms with van der Waals surface area (Å²) in [5, 5.41) is 3.75. The summed E-state index contributed by atoms with van der Waals surface area (Å²) in [6.07, 6.45) is 2.02. The van der Waals surface area contributed by atoms with Gasteiger partial charge in [0, 0.05) is 50.0 Å². The molecule has 0 unspecified atom stereocenters.